The summed E-state index contributed by atoms with van der Waals surface area (Å²) in [6.45, 7) is 3.92. The molecule has 8 nitrogen and oxygen atoms in total. The molecule has 32 heavy (non-hydrogen) atoms. The number of carbonyl (C=O) groups is 1. The van der Waals surface area contributed by atoms with Gasteiger partial charge in [0.2, 0.25) is 11.1 Å². The van der Waals surface area contributed by atoms with E-state index in [9.17, 15) is 4.79 Å². The predicted molar refractivity (Wildman–Crippen MR) is 125 cm³/mol. The average molecular weight is 452 g/mol. The molecule has 0 spiro atoms. The van der Waals surface area contributed by atoms with Crippen molar-refractivity contribution in [3.8, 4) is 11.5 Å². The van der Waals surface area contributed by atoms with Gasteiger partial charge in [-0.1, -0.05) is 43.0 Å². The Morgan fingerprint density at radius 2 is 1.91 bits per heavy atom. The number of rotatable bonds is 7. The van der Waals surface area contributed by atoms with Gasteiger partial charge in [0.15, 0.2) is 0 Å². The van der Waals surface area contributed by atoms with Crippen molar-refractivity contribution in [3.05, 3.63) is 65.4 Å². The van der Waals surface area contributed by atoms with Crippen molar-refractivity contribution < 1.29 is 14.3 Å². The molecule has 3 aromatic rings. The summed E-state index contributed by atoms with van der Waals surface area (Å²) in [5.74, 6) is 2.54. The predicted octanol–water partition coefficient (Wildman–Crippen LogP) is 4.33. The van der Waals surface area contributed by atoms with Crippen LogP contribution in [0.1, 0.15) is 25.5 Å². The maximum absolute atomic E-state index is 13.5. The zero-order valence-corrected chi connectivity index (χ0v) is 19.2. The molecular weight excluding hydrogens is 426 g/mol. The third-order valence-corrected chi connectivity index (χ3v) is 5.86. The first-order chi connectivity index (χ1) is 15.5. The van der Waals surface area contributed by atoms with Gasteiger partial charge in [-0.15, -0.1) is 5.10 Å². The number of benzene rings is 2. The van der Waals surface area contributed by atoms with Crippen LogP contribution >= 0.6 is 11.8 Å². The minimum atomic E-state index is -0.453. The number of nitrogens with zero attached hydrogens (tertiary/aromatic N) is 3. The van der Waals surface area contributed by atoms with Crippen LogP contribution in [0.25, 0.3) is 0 Å². The number of ether oxygens (including phenoxy) is 2. The molecule has 0 fully saturated rings. The molecule has 0 bridgehead atoms. The zero-order chi connectivity index (χ0) is 22.7. The van der Waals surface area contributed by atoms with Gasteiger partial charge in [0.05, 0.1) is 25.5 Å². The van der Waals surface area contributed by atoms with Crippen LogP contribution in [-0.4, -0.2) is 40.6 Å². The SMILES string of the molecule is CCSc1nc2n(n1)[C@H](c1ccc(OC)cc1)C(C(=O)Nc1ccccc1OC)=C(C)N2. The van der Waals surface area contributed by atoms with E-state index < -0.39 is 6.04 Å². The third kappa shape index (κ3) is 4.16. The van der Waals surface area contributed by atoms with Crippen molar-refractivity contribution in [2.45, 2.75) is 25.0 Å². The molecule has 4 rings (SSSR count). The van der Waals surface area contributed by atoms with E-state index in [2.05, 4.69) is 27.6 Å². The molecule has 0 saturated heterocycles. The van der Waals surface area contributed by atoms with Crippen LogP contribution in [0.2, 0.25) is 0 Å². The summed E-state index contributed by atoms with van der Waals surface area (Å²) < 4.78 is 12.5. The molecule has 2 heterocycles. The summed E-state index contributed by atoms with van der Waals surface area (Å²) >= 11 is 1.55. The van der Waals surface area contributed by atoms with Crippen LogP contribution in [0.15, 0.2) is 65.0 Å². The van der Waals surface area contributed by atoms with Crippen LogP contribution < -0.4 is 20.1 Å². The van der Waals surface area contributed by atoms with Gasteiger partial charge >= 0.3 is 0 Å². The first kappa shape index (κ1) is 21.8. The molecule has 2 aromatic carbocycles. The van der Waals surface area contributed by atoms with E-state index in [1.54, 1.807) is 36.7 Å². The smallest absolute Gasteiger partial charge is 0.255 e. The molecule has 9 heteroatoms. The van der Waals surface area contributed by atoms with Gasteiger partial charge in [0.25, 0.3) is 5.91 Å². The molecule has 166 valence electrons. The van der Waals surface area contributed by atoms with E-state index >= 15 is 0 Å². The largest absolute Gasteiger partial charge is 0.497 e. The van der Waals surface area contributed by atoms with Gasteiger partial charge < -0.3 is 20.1 Å². The Labute approximate surface area is 191 Å². The van der Waals surface area contributed by atoms with E-state index in [-0.39, 0.29) is 5.91 Å². The van der Waals surface area contributed by atoms with Gasteiger partial charge in [-0.05, 0) is 42.5 Å². The summed E-state index contributed by atoms with van der Waals surface area (Å²) in [5, 5.41) is 11.6. The van der Waals surface area contributed by atoms with Crippen LogP contribution in [0.4, 0.5) is 11.6 Å². The number of carbonyl (C=O) groups excluding carboxylic acids is 1. The van der Waals surface area contributed by atoms with Gasteiger partial charge in [-0.25, -0.2) is 4.68 Å². The second-order valence-electron chi connectivity index (χ2n) is 7.09. The molecule has 1 atom stereocenters. The summed E-state index contributed by atoms with van der Waals surface area (Å²) in [5.41, 5.74) is 2.76. The lowest BCUT2D eigenvalue weighted by Gasteiger charge is -2.29. The van der Waals surface area contributed by atoms with Crippen molar-refractivity contribution in [1.29, 1.82) is 0 Å². The van der Waals surface area contributed by atoms with Crippen LogP contribution in [0, 0.1) is 0 Å². The Bertz CT molecular complexity index is 1160. The van der Waals surface area contributed by atoms with Crippen molar-refractivity contribution in [2.75, 3.05) is 30.6 Å². The Hall–Kier alpha value is -3.46. The highest BCUT2D eigenvalue weighted by molar-refractivity contribution is 7.99. The monoisotopic (exact) mass is 451 g/mol. The second kappa shape index (κ2) is 9.35. The van der Waals surface area contributed by atoms with Gasteiger partial charge in [-0.2, -0.15) is 4.98 Å². The summed E-state index contributed by atoms with van der Waals surface area (Å²) in [6.07, 6.45) is 0. The van der Waals surface area contributed by atoms with Crippen LogP contribution in [0.3, 0.4) is 0 Å². The normalized spacial score (nSPS) is 15.1. The summed E-state index contributed by atoms with van der Waals surface area (Å²) in [7, 11) is 3.20. The number of aromatic nitrogens is 3. The molecule has 0 unspecified atom stereocenters. The minimum Gasteiger partial charge on any atom is -0.497 e. The highest BCUT2D eigenvalue weighted by Gasteiger charge is 2.34. The molecule has 0 aliphatic carbocycles. The molecule has 1 aromatic heterocycles. The van der Waals surface area contributed by atoms with E-state index in [0.29, 0.717) is 33.8 Å². The van der Waals surface area contributed by atoms with Crippen LogP contribution in [-0.2, 0) is 4.79 Å². The molecule has 1 aliphatic rings. The molecule has 1 amide bonds. The van der Waals surface area contributed by atoms with Crippen molar-refractivity contribution >= 4 is 29.3 Å². The first-order valence-electron chi connectivity index (χ1n) is 10.2. The average Bonchev–Trinajstić information content (AvgIpc) is 3.20. The van der Waals surface area contributed by atoms with E-state index in [1.807, 2.05) is 49.4 Å². The van der Waals surface area contributed by atoms with E-state index in [1.165, 1.54) is 0 Å². The van der Waals surface area contributed by atoms with Gasteiger partial charge in [-0.3, -0.25) is 4.79 Å². The fourth-order valence-electron chi connectivity index (χ4n) is 3.65. The Kier molecular flexibility index (Phi) is 6.36. The fourth-order valence-corrected chi connectivity index (χ4v) is 4.20. The Morgan fingerprint density at radius 1 is 1.16 bits per heavy atom. The van der Waals surface area contributed by atoms with Gasteiger partial charge in [0, 0.05) is 5.70 Å². The molecule has 1 aliphatic heterocycles. The number of hydrogen-bond donors (Lipinski definition) is 2. The number of anilines is 2. The fraction of sp³-hybridized carbons (Fsp3) is 0.261. The topological polar surface area (TPSA) is 90.3 Å². The highest BCUT2D eigenvalue weighted by atomic mass is 32.2. The first-order valence-corrected chi connectivity index (χ1v) is 11.2. The highest BCUT2D eigenvalue weighted by Crippen LogP contribution is 2.37. The molecule has 0 saturated carbocycles. The van der Waals surface area contributed by atoms with E-state index in [0.717, 1.165) is 17.1 Å². The standard InChI is InChI=1S/C23H25N5O3S/c1-5-32-23-26-22-24-14(2)19(21(29)25-17-8-6-7-9-18(17)31-4)20(28(22)27-23)15-10-12-16(30-3)13-11-15/h6-13,20H,5H2,1-4H3,(H,25,29)(H,24,26,27)/t20-/m1/s1. The molecular formula is C23H25N5O3S. The zero-order valence-electron chi connectivity index (χ0n) is 18.4. The Morgan fingerprint density at radius 3 is 2.59 bits per heavy atom. The minimum absolute atomic E-state index is 0.244. The van der Waals surface area contributed by atoms with E-state index in [4.69, 9.17) is 9.47 Å². The maximum Gasteiger partial charge on any atom is 0.255 e. The summed E-state index contributed by atoms with van der Waals surface area (Å²) in [4.78, 5) is 18.1. The van der Waals surface area contributed by atoms with Crippen LogP contribution in [0.5, 0.6) is 11.5 Å². The quantitative estimate of drug-likeness (QED) is 0.517. The number of fused-ring (bicyclic) bond motifs is 1. The molecule has 2 N–H and O–H groups in total. The lowest BCUT2D eigenvalue weighted by Crippen LogP contribution is -2.31. The number of nitrogens with one attached hydrogen (secondary N) is 2. The maximum atomic E-state index is 13.5. The van der Waals surface area contributed by atoms with Crippen molar-refractivity contribution in [1.82, 2.24) is 14.8 Å². The number of allylic oxidation sites excluding steroid dienone is 1. The number of amides is 1. The van der Waals surface area contributed by atoms with Crippen molar-refractivity contribution in [3.63, 3.8) is 0 Å². The lowest BCUT2D eigenvalue weighted by atomic mass is 9.95. The number of hydrogen-bond acceptors (Lipinski definition) is 7. The summed E-state index contributed by atoms with van der Waals surface area (Å²) in [6, 6.07) is 14.5. The number of methoxy groups -OCH3 is 2. The Balaban J connectivity index is 1.77. The number of para-hydroxylation sites is 2. The third-order valence-electron chi connectivity index (χ3n) is 5.14. The van der Waals surface area contributed by atoms with Gasteiger partial charge in [0.1, 0.15) is 17.5 Å². The number of thioether (sulfide) groups is 1. The van der Waals surface area contributed by atoms with Crippen molar-refractivity contribution in [2.24, 2.45) is 0 Å². The lowest BCUT2D eigenvalue weighted by molar-refractivity contribution is -0.113. The second-order valence-corrected chi connectivity index (χ2v) is 8.32. The molecule has 0 radical (unpaired) electrons.